The Balaban J connectivity index is 1.87. The lowest BCUT2D eigenvalue weighted by molar-refractivity contribution is 0.399. The monoisotopic (exact) mass is 250 g/mol. The Hall–Kier alpha value is -1.03. The summed E-state index contributed by atoms with van der Waals surface area (Å²) in [5, 5.41) is 3.53. The highest BCUT2D eigenvalue weighted by atomic mass is 15.2. The molecule has 4 nitrogen and oxygen atoms in total. The number of likely N-dealkylation sites (tertiary alicyclic amines) is 1. The van der Waals surface area contributed by atoms with E-state index in [1.54, 1.807) is 0 Å². The molecule has 102 valence electrons. The molecule has 0 radical (unpaired) electrons. The van der Waals surface area contributed by atoms with Crippen LogP contribution in [0.3, 0.4) is 0 Å². The summed E-state index contributed by atoms with van der Waals surface area (Å²) in [7, 11) is 2.20. The molecule has 0 bridgehead atoms. The number of nitrogens with one attached hydrogen (secondary N) is 1. The molecule has 0 spiro atoms. The highest BCUT2D eigenvalue weighted by Gasteiger charge is 2.19. The summed E-state index contributed by atoms with van der Waals surface area (Å²) in [5.41, 5.74) is 1.11. The quantitative estimate of drug-likeness (QED) is 0.841. The fourth-order valence-corrected chi connectivity index (χ4v) is 2.62. The maximum Gasteiger partial charge on any atom is 0.203 e. The molecule has 1 aliphatic rings. The number of nitrogens with zero attached hydrogens (tertiary/aromatic N) is 3. The standard InChI is InChI=1S/C14H26N4/c1-4-5-7-18-10-12(2)16-14(18)15-9-13-6-8-17(3)11-13/h10,13H,4-9,11H2,1-3H3,(H,15,16). The van der Waals surface area contributed by atoms with Crippen molar-refractivity contribution in [1.82, 2.24) is 14.5 Å². The smallest absolute Gasteiger partial charge is 0.203 e. The number of hydrogen-bond donors (Lipinski definition) is 1. The molecule has 1 unspecified atom stereocenters. The van der Waals surface area contributed by atoms with Crippen LogP contribution in [0.1, 0.15) is 31.9 Å². The first-order chi connectivity index (χ1) is 8.69. The molecular weight excluding hydrogens is 224 g/mol. The lowest BCUT2D eigenvalue weighted by atomic mass is 10.1. The van der Waals surface area contributed by atoms with Crippen LogP contribution in [0, 0.1) is 12.8 Å². The van der Waals surface area contributed by atoms with E-state index in [0.29, 0.717) is 0 Å². The SMILES string of the molecule is CCCCn1cc(C)nc1NCC1CCN(C)C1. The van der Waals surface area contributed by atoms with Gasteiger partial charge in [-0.2, -0.15) is 0 Å². The van der Waals surface area contributed by atoms with Crippen molar-refractivity contribution < 1.29 is 0 Å². The molecular formula is C14H26N4. The van der Waals surface area contributed by atoms with E-state index >= 15 is 0 Å². The van der Waals surface area contributed by atoms with Crippen molar-refractivity contribution in [3.05, 3.63) is 11.9 Å². The van der Waals surface area contributed by atoms with Crippen molar-refractivity contribution in [2.45, 2.75) is 39.7 Å². The summed E-state index contributed by atoms with van der Waals surface area (Å²) < 4.78 is 2.26. The van der Waals surface area contributed by atoms with E-state index in [1.807, 2.05) is 0 Å². The second-order valence-corrected chi connectivity index (χ2v) is 5.55. The van der Waals surface area contributed by atoms with Crippen LogP contribution in [-0.4, -0.2) is 41.1 Å². The molecule has 0 aliphatic carbocycles. The third-order valence-electron chi connectivity index (χ3n) is 3.69. The second kappa shape index (κ2) is 6.23. The van der Waals surface area contributed by atoms with Gasteiger partial charge in [-0.25, -0.2) is 4.98 Å². The zero-order chi connectivity index (χ0) is 13.0. The fourth-order valence-electron chi connectivity index (χ4n) is 2.62. The summed E-state index contributed by atoms with van der Waals surface area (Å²) in [5.74, 6) is 1.82. The maximum atomic E-state index is 4.58. The van der Waals surface area contributed by atoms with Gasteiger partial charge in [-0.1, -0.05) is 13.3 Å². The molecule has 0 saturated carbocycles. The van der Waals surface area contributed by atoms with E-state index in [0.717, 1.165) is 30.6 Å². The van der Waals surface area contributed by atoms with Gasteiger partial charge in [-0.15, -0.1) is 0 Å². The number of hydrogen-bond acceptors (Lipinski definition) is 3. The highest BCUT2D eigenvalue weighted by Crippen LogP contribution is 2.16. The topological polar surface area (TPSA) is 33.1 Å². The molecule has 0 aromatic carbocycles. The van der Waals surface area contributed by atoms with Crippen molar-refractivity contribution in [2.24, 2.45) is 5.92 Å². The Morgan fingerprint density at radius 3 is 3.00 bits per heavy atom. The number of imidazole rings is 1. The molecule has 1 atom stereocenters. The third kappa shape index (κ3) is 3.48. The van der Waals surface area contributed by atoms with Crippen LogP contribution in [0.2, 0.25) is 0 Å². The second-order valence-electron chi connectivity index (χ2n) is 5.55. The van der Waals surface area contributed by atoms with Crippen LogP contribution in [0.15, 0.2) is 6.20 Å². The minimum absolute atomic E-state index is 0.770. The predicted molar refractivity (Wildman–Crippen MR) is 76.0 cm³/mol. The van der Waals surface area contributed by atoms with E-state index in [1.165, 1.54) is 32.4 Å². The summed E-state index contributed by atoms with van der Waals surface area (Å²) in [4.78, 5) is 6.99. The Morgan fingerprint density at radius 2 is 2.33 bits per heavy atom. The molecule has 1 N–H and O–H groups in total. The average Bonchev–Trinajstić information content (AvgIpc) is 2.90. The molecule has 2 heterocycles. The van der Waals surface area contributed by atoms with Crippen LogP contribution in [0.25, 0.3) is 0 Å². The molecule has 4 heteroatoms. The Kier molecular flexibility index (Phi) is 4.64. The van der Waals surface area contributed by atoms with E-state index in [-0.39, 0.29) is 0 Å². The van der Waals surface area contributed by atoms with Gasteiger partial charge in [0.2, 0.25) is 5.95 Å². The van der Waals surface area contributed by atoms with Crippen LogP contribution in [0.5, 0.6) is 0 Å². The molecule has 0 amide bonds. The van der Waals surface area contributed by atoms with Crippen molar-refractivity contribution >= 4 is 5.95 Å². The number of rotatable bonds is 6. The Labute approximate surface area is 110 Å². The first kappa shape index (κ1) is 13.4. The fraction of sp³-hybridized carbons (Fsp3) is 0.786. The number of unbranched alkanes of at least 4 members (excludes halogenated alkanes) is 1. The molecule has 2 rings (SSSR count). The van der Waals surface area contributed by atoms with E-state index in [4.69, 9.17) is 0 Å². The highest BCUT2D eigenvalue weighted by molar-refractivity contribution is 5.28. The van der Waals surface area contributed by atoms with Crippen molar-refractivity contribution in [1.29, 1.82) is 0 Å². The van der Waals surface area contributed by atoms with E-state index in [2.05, 4.69) is 46.9 Å². The van der Waals surface area contributed by atoms with Gasteiger partial charge in [0.25, 0.3) is 0 Å². The zero-order valence-corrected chi connectivity index (χ0v) is 11.9. The van der Waals surface area contributed by atoms with E-state index < -0.39 is 0 Å². The number of anilines is 1. The lowest BCUT2D eigenvalue weighted by Gasteiger charge is -2.13. The van der Waals surface area contributed by atoms with Crippen LogP contribution >= 0.6 is 0 Å². The van der Waals surface area contributed by atoms with Gasteiger partial charge in [0, 0.05) is 25.8 Å². The van der Waals surface area contributed by atoms with Crippen molar-refractivity contribution in [3.63, 3.8) is 0 Å². The van der Waals surface area contributed by atoms with Gasteiger partial charge < -0.3 is 14.8 Å². The molecule has 1 aromatic rings. The van der Waals surface area contributed by atoms with Gasteiger partial charge in [-0.3, -0.25) is 0 Å². The van der Waals surface area contributed by atoms with Crippen molar-refractivity contribution in [3.8, 4) is 0 Å². The number of aryl methyl sites for hydroxylation is 2. The maximum absolute atomic E-state index is 4.58. The zero-order valence-electron chi connectivity index (χ0n) is 11.9. The van der Waals surface area contributed by atoms with Crippen molar-refractivity contribution in [2.75, 3.05) is 32.0 Å². The normalized spacial score (nSPS) is 20.5. The average molecular weight is 250 g/mol. The van der Waals surface area contributed by atoms with E-state index in [9.17, 15) is 0 Å². The van der Waals surface area contributed by atoms with Crippen LogP contribution in [-0.2, 0) is 6.54 Å². The lowest BCUT2D eigenvalue weighted by Crippen LogP contribution is -2.20. The van der Waals surface area contributed by atoms with Gasteiger partial charge in [-0.05, 0) is 39.3 Å². The summed E-state index contributed by atoms with van der Waals surface area (Å²) >= 11 is 0. The van der Waals surface area contributed by atoms with Gasteiger partial charge >= 0.3 is 0 Å². The Bertz CT molecular complexity index is 372. The van der Waals surface area contributed by atoms with Gasteiger partial charge in [0.05, 0.1) is 5.69 Å². The summed E-state index contributed by atoms with van der Waals surface area (Å²) in [6.45, 7) is 8.86. The van der Waals surface area contributed by atoms with Gasteiger partial charge in [0.15, 0.2) is 0 Å². The first-order valence-corrected chi connectivity index (χ1v) is 7.15. The molecule has 1 saturated heterocycles. The minimum atomic E-state index is 0.770. The largest absolute Gasteiger partial charge is 0.355 e. The van der Waals surface area contributed by atoms with Crippen LogP contribution in [0.4, 0.5) is 5.95 Å². The minimum Gasteiger partial charge on any atom is -0.355 e. The van der Waals surface area contributed by atoms with Crippen LogP contribution < -0.4 is 5.32 Å². The predicted octanol–water partition coefficient (Wildman–Crippen LogP) is 2.36. The molecule has 1 fully saturated rings. The molecule has 1 aliphatic heterocycles. The molecule has 18 heavy (non-hydrogen) atoms. The van der Waals surface area contributed by atoms with Gasteiger partial charge in [0.1, 0.15) is 0 Å². The summed E-state index contributed by atoms with van der Waals surface area (Å²) in [6, 6.07) is 0. The summed E-state index contributed by atoms with van der Waals surface area (Å²) in [6.07, 6.45) is 5.90. The third-order valence-corrected chi connectivity index (χ3v) is 3.69. The number of aromatic nitrogens is 2. The Morgan fingerprint density at radius 1 is 1.50 bits per heavy atom. The first-order valence-electron chi connectivity index (χ1n) is 7.15. The molecule has 1 aromatic heterocycles.